The van der Waals surface area contributed by atoms with Crippen LogP contribution in [0.4, 0.5) is 4.79 Å². The number of benzene rings is 1. The molecule has 0 heterocycles. The van der Waals surface area contributed by atoms with Gasteiger partial charge in [-0.1, -0.05) is 12.1 Å². The van der Waals surface area contributed by atoms with Crippen LogP contribution in [0.3, 0.4) is 0 Å². The summed E-state index contributed by atoms with van der Waals surface area (Å²) in [5.41, 5.74) is 5.53. The Kier molecular flexibility index (Phi) is 5.21. The van der Waals surface area contributed by atoms with E-state index in [9.17, 15) is 15.0 Å². The second-order valence-corrected chi connectivity index (χ2v) is 5.57. The maximum atomic E-state index is 11.7. The number of carbonyl (C=O) groups excluding carboxylic acids is 1. The summed E-state index contributed by atoms with van der Waals surface area (Å²) >= 11 is 0. The Morgan fingerprint density at radius 1 is 1.40 bits per heavy atom. The molecule has 6 heteroatoms. The minimum atomic E-state index is -0.587. The molecule has 0 saturated heterocycles. The van der Waals surface area contributed by atoms with Crippen LogP contribution >= 0.6 is 0 Å². The first-order valence-electron chi connectivity index (χ1n) is 6.42. The molecular formula is C14H22N2O4. The van der Waals surface area contributed by atoms with Crippen LogP contribution in [0, 0.1) is 0 Å². The smallest absolute Gasteiger partial charge is 0.407 e. The molecular weight excluding hydrogens is 260 g/mol. The molecule has 1 atom stereocenters. The van der Waals surface area contributed by atoms with E-state index in [4.69, 9.17) is 10.5 Å². The molecule has 5 N–H and O–H groups in total. The Morgan fingerprint density at radius 3 is 2.60 bits per heavy atom. The van der Waals surface area contributed by atoms with Gasteiger partial charge in [-0.3, -0.25) is 0 Å². The average Bonchev–Trinajstić information content (AvgIpc) is 2.31. The third-order valence-electron chi connectivity index (χ3n) is 2.57. The standard InChI is InChI=1S/C14H22N2O4/c1-14(2,3)20-13(19)16-10(8-15)7-9-5-4-6-11(17)12(9)18/h4-6,10,17-18H,7-8,15H2,1-3H3,(H,16,19). The summed E-state index contributed by atoms with van der Waals surface area (Å²) in [5, 5.41) is 21.8. The fraction of sp³-hybridized carbons (Fsp3) is 0.500. The number of para-hydroxylation sites is 1. The van der Waals surface area contributed by atoms with Crippen LogP contribution in [0.25, 0.3) is 0 Å². The quantitative estimate of drug-likeness (QED) is 0.626. The van der Waals surface area contributed by atoms with Gasteiger partial charge in [-0.25, -0.2) is 4.79 Å². The van der Waals surface area contributed by atoms with E-state index in [1.54, 1.807) is 32.9 Å². The van der Waals surface area contributed by atoms with Crippen LogP contribution in [-0.4, -0.2) is 34.5 Å². The molecule has 0 aliphatic carbocycles. The number of nitrogens with one attached hydrogen (secondary N) is 1. The van der Waals surface area contributed by atoms with Crippen molar-refractivity contribution in [3.8, 4) is 11.5 Å². The summed E-state index contributed by atoms with van der Waals surface area (Å²) in [6.07, 6.45) is -0.261. The van der Waals surface area contributed by atoms with Gasteiger partial charge in [-0.15, -0.1) is 0 Å². The van der Waals surface area contributed by atoms with Gasteiger partial charge >= 0.3 is 6.09 Å². The van der Waals surface area contributed by atoms with Gasteiger partial charge in [0.25, 0.3) is 0 Å². The molecule has 0 bridgehead atoms. The normalized spacial score (nSPS) is 12.8. The van der Waals surface area contributed by atoms with Crippen molar-refractivity contribution >= 4 is 6.09 Å². The van der Waals surface area contributed by atoms with E-state index in [0.717, 1.165) is 0 Å². The minimum absolute atomic E-state index is 0.189. The van der Waals surface area contributed by atoms with E-state index < -0.39 is 17.7 Å². The highest BCUT2D eigenvalue weighted by molar-refractivity contribution is 5.68. The molecule has 0 radical (unpaired) electrons. The highest BCUT2D eigenvalue weighted by Gasteiger charge is 2.20. The SMILES string of the molecule is CC(C)(C)OC(=O)NC(CN)Cc1cccc(O)c1O. The van der Waals surface area contributed by atoms with E-state index in [0.29, 0.717) is 12.0 Å². The Morgan fingerprint density at radius 2 is 2.05 bits per heavy atom. The number of phenols is 2. The number of rotatable bonds is 4. The van der Waals surface area contributed by atoms with E-state index in [-0.39, 0.29) is 18.0 Å². The van der Waals surface area contributed by atoms with Crippen LogP contribution in [0.15, 0.2) is 18.2 Å². The first-order valence-corrected chi connectivity index (χ1v) is 6.42. The van der Waals surface area contributed by atoms with Crippen LogP contribution in [0.2, 0.25) is 0 Å². The van der Waals surface area contributed by atoms with Crippen molar-refractivity contribution in [3.05, 3.63) is 23.8 Å². The van der Waals surface area contributed by atoms with Gasteiger partial charge in [0.1, 0.15) is 5.60 Å². The molecule has 20 heavy (non-hydrogen) atoms. The summed E-state index contributed by atoms with van der Waals surface area (Å²) in [5.74, 6) is -0.396. The molecule has 1 rings (SSSR count). The van der Waals surface area contributed by atoms with Gasteiger partial charge in [0.2, 0.25) is 0 Å². The second kappa shape index (κ2) is 6.47. The fourth-order valence-corrected chi connectivity index (χ4v) is 1.68. The molecule has 0 spiro atoms. The molecule has 0 aliphatic rings. The maximum Gasteiger partial charge on any atom is 0.407 e. The zero-order valence-electron chi connectivity index (χ0n) is 12.0. The molecule has 0 saturated carbocycles. The number of phenolic OH excluding ortho intramolecular Hbond substituents is 2. The number of amides is 1. The van der Waals surface area contributed by atoms with Crippen LogP contribution in [0.1, 0.15) is 26.3 Å². The number of hydrogen-bond acceptors (Lipinski definition) is 5. The summed E-state index contributed by atoms with van der Waals surface area (Å²) in [7, 11) is 0. The third kappa shape index (κ3) is 4.97. The Bertz CT molecular complexity index is 469. The minimum Gasteiger partial charge on any atom is -0.504 e. The van der Waals surface area contributed by atoms with Crippen molar-refractivity contribution in [2.45, 2.75) is 38.8 Å². The first kappa shape index (κ1) is 16.1. The fourth-order valence-electron chi connectivity index (χ4n) is 1.68. The van der Waals surface area contributed by atoms with Crippen molar-refractivity contribution in [2.24, 2.45) is 5.73 Å². The molecule has 0 aromatic heterocycles. The van der Waals surface area contributed by atoms with Crippen molar-refractivity contribution in [1.82, 2.24) is 5.32 Å². The van der Waals surface area contributed by atoms with E-state index >= 15 is 0 Å². The Labute approximate surface area is 118 Å². The molecule has 1 aromatic carbocycles. The molecule has 1 unspecified atom stereocenters. The number of aromatic hydroxyl groups is 2. The number of carbonyl (C=O) groups is 1. The lowest BCUT2D eigenvalue weighted by Gasteiger charge is -2.23. The van der Waals surface area contributed by atoms with E-state index in [1.807, 2.05) is 0 Å². The number of nitrogens with two attached hydrogens (primary N) is 1. The summed E-state index contributed by atoms with van der Waals surface area (Å²) in [6.45, 7) is 5.50. The van der Waals surface area contributed by atoms with Gasteiger partial charge in [-0.05, 0) is 38.8 Å². The molecule has 1 aromatic rings. The zero-order chi connectivity index (χ0) is 15.3. The molecule has 6 nitrogen and oxygen atoms in total. The highest BCUT2D eigenvalue weighted by Crippen LogP contribution is 2.28. The summed E-state index contributed by atoms with van der Waals surface area (Å²) < 4.78 is 5.14. The predicted octanol–water partition coefficient (Wildman–Crippen LogP) is 1.49. The highest BCUT2D eigenvalue weighted by atomic mass is 16.6. The lowest BCUT2D eigenvalue weighted by atomic mass is 10.0. The largest absolute Gasteiger partial charge is 0.504 e. The maximum absolute atomic E-state index is 11.7. The van der Waals surface area contributed by atoms with Gasteiger partial charge in [0, 0.05) is 12.6 Å². The molecule has 1 amide bonds. The molecule has 0 fully saturated rings. The topological polar surface area (TPSA) is 105 Å². The zero-order valence-corrected chi connectivity index (χ0v) is 12.0. The van der Waals surface area contributed by atoms with Gasteiger partial charge < -0.3 is 26.0 Å². The Hall–Kier alpha value is -1.95. The molecule has 112 valence electrons. The van der Waals surface area contributed by atoms with Crippen molar-refractivity contribution in [1.29, 1.82) is 0 Å². The van der Waals surface area contributed by atoms with Gasteiger partial charge in [0.05, 0.1) is 0 Å². The number of hydrogen-bond donors (Lipinski definition) is 4. The molecule has 0 aliphatic heterocycles. The lowest BCUT2D eigenvalue weighted by Crippen LogP contribution is -2.44. The third-order valence-corrected chi connectivity index (χ3v) is 2.57. The van der Waals surface area contributed by atoms with Crippen molar-refractivity contribution in [2.75, 3.05) is 6.54 Å². The van der Waals surface area contributed by atoms with Gasteiger partial charge in [0.15, 0.2) is 11.5 Å². The first-order chi connectivity index (χ1) is 9.23. The summed E-state index contributed by atoms with van der Waals surface area (Å²) in [6, 6.07) is 4.27. The van der Waals surface area contributed by atoms with Crippen molar-refractivity contribution < 1.29 is 19.7 Å². The van der Waals surface area contributed by atoms with E-state index in [2.05, 4.69) is 5.32 Å². The number of ether oxygens (including phenoxy) is 1. The average molecular weight is 282 g/mol. The predicted molar refractivity (Wildman–Crippen MR) is 75.7 cm³/mol. The van der Waals surface area contributed by atoms with Crippen LogP contribution < -0.4 is 11.1 Å². The lowest BCUT2D eigenvalue weighted by molar-refractivity contribution is 0.0505. The van der Waals surface area contributed by atoms with Crippen LogP contribution in [0.5, 0.6) is 11.5 Å². The number of alkyl carbamates (subject to hydrolysis) is 1. The van der Waals surface area contributed by atoms with Crippen molar-refractivity contribution in [3.63, 3.8) is 0 Å². The van der Waals surface area contributed by atoms with E-state index in [1.165, 1.54) is 6.07 Å². The second-order valence-electron chi connectivity index (χ2n) is 5.57. The van der Waals surface area contributed by atoms with Gasteiger partial charge in [-0.2, -0.15) is 0 Å². The summed E-state index contributed by atoms with van der Waals surface area (Å²) in [4.78, 5) is 11.7. The van der Waals surface area contributed by atoms with Crippen LogP contribution in [-0.2, 0) is 11.2 Å². The monoisotopic (exact) mass is 282 g/mol. The Balaban J connectivity index is 2.68.